The van der Waals surface area contributed by atoms with E-state index in [0.29, 0.717) is 13.2 Å². The van der Waals surface area contributed by atoms with Gasteiger partial charge in [0.15, 0.2) is 5.96 Å². The maximum Gasteiger partial charge on any atom is 0.191 e. The Balaban J connectivity index is 0.00000324. The van der Waals surface area contributed by atoms with Gasteiger partial charge in [0.25, 0.3) is 0 Å². The van der Waals surface area contributed by atoms with E-state index in [1.165, 1.54) is 5.57 Å². The lowest BCUT2D eigenvalue weighted by atomic mass is 10.1. The molecule has 0 atom stereocenters. The predicted molar refractivity (Wildman–Crippen MR) is 89.4 cm³/mol. The summed E-state index contributed by atoms with van der Waals surface area (Å²) in [5.74, 6) is 0.863. The minimum absolute atomic E-state index is 0. The molecule has 0 unspecified atom stereocenters. The minimum atomic E-state index is 0. The van der Waals surface area contributed by atoms with E-state index >= 15 is 0 Å². The third-order valence-corrected chi connectivity index (χ3v) is 2.71. The Hall–Kier alpha value is -0.340. The smallest absolute Gasteiger partial charge is 0.191 e. The van der Waals surface area contributed by atoms with E-state index in [4.69, 9.17) is 9.47 Å². The number of nitrogens with zero attached hydrogens (tertiary/aromatic N) is 1. The number of halogens is 1. The van der Waals surface area contributed by atoms with Crippen LogP contribution in [0.25, 0.3) is 0 Å². The molecule has 0 aromatic heterocycles. The monoisotopic (exact) mass is 383 g/mol. The molecule has 0 fully saturated rings. The predicted octanol–water partition coefficient (Wildman–Crippen LogP) is 1.54. The summed E-state index contributed by atoms with van der Waals surface area (Å²) < 4.78 is 10.3. The summed E-state index contributed by atoms with van der Waals surface area (Å²) in [5.41, 5.74) is 1.47. The normalized spacial score (nSPS) is 15.5. The van der Waals surface area contributed by atoms with Crippen molar-refractivity contribution in [2.45, 2.75) is 19.8 Å². The molecule has 1 aliphatic heterocycles. The van der Waals surface area contributed by atoms with Crippen LogP contribution >= 0.6 is 24.0 Å². The van der Waals surface area contributed by atoms with Gasteiger partial charge in [0.2, 0.25) is 0 Å². The molecule has 6 heteroatoms. The SMILES string of the molecule is CCNC(=NCCOC)NCCC1=CCOCC1.I. The van der Waals surface area contributed by atoms with Crippen LogP contribution in [0.5, 0.6) is 0 Å². The third-order valence-electron chi connectivity index (χ3n) is 2.71. The summed E-state index contributed by atoms with van der Waals surface area (Å²) in [6, 6.07) is 0. The van der Waals surface area contributed by atoms with Gasteiger partial charge in [0.1, 0.15) is 0 Å². The Morgan fingerprint density at radius 3 is 2.95 bits per heavy atom. The van der Waals surface area contributed by atoms with Crippen molar-refractivity contribution in [2.75, 3.05) is 46.6 Å². The maximum atomic E-state index is 5.28. The van der Waals surface area contributed by atoms with Crippen molar-refractivity contribution in [3.8, 4) is 0 Å². The molecule has 0 saturated heterocycles. The molecular weight excluding hydrogens is 357 g/mol. The van der Waals surface area contributed by atoms with Crippen molar-refractivity contribution in [3.63, 3.8) is 0 Å². The van der Waals surface area contributed by atoms with Gasteiger partial charge in [-0.05, 0) is 19.8 Å². The lowest BCUT2D eigenvalue weighted by Crippen LogP contribution is -2.38. The summed E-state index contributed by atoms with van der Waals surface area (Å²) >= 11 is 0. The Morgan fingerprint density at radius 2 is 2.32 bits per heavy atom. The van der Waals surface area contributed by atoms with Gasteiger partial charge >= 0.3 is 0 Å². The van der Waals surface area contributed by atoms with E-state index in [1.54, 1.807) is 7.11 Å². The molecule has 1 aliphatic rings. The molecule has 0 radical (unpaired) electrons. The van der Waals surface area contributed by atoms with Gasteiger partial charge in [-0.1, -0.05) is 11.6 Å². The maximum absolute atomic E-state index is 5.28. The molecule has 0 amide bonds. The van der Waals surface area contributed by atoms with Crippen LogP contribution in [0.15, 0.2) is 16.6 Å². The highest BCUT2D eigenvalue weighted by Crippen LogP contribution is 2.10. The number of methoxy groups -OCH3 is 1. The number of guanidine groups is 1. The van der Waals surface area contributed by atoms with E-state index in [-0.39, 0.29) is 24.0 Å². The van der Waals surface area contributed by atoms with Crippen LogP contribution in [0.4, 0.5) is 0 Å². The number of hydrogen-bond donors (Lipinski definition) is 2. The average Bonchev–Trinajstić information content (AvgIpc) is 2.40. The largest absolute Gasteiger partial charge is 0.383 e. The van der Waals surface area contributed by atoms with Crippen LogP contribution in [0, 0.1) is 0 Å². The lowest BCUT2D eigenvalue weighted by molar-refractivity contribution is 0.153. The molecular formula is C13H26IN3O2. The van der Waals surface area contributed by atoms with Crippen LogP contribution in [0.3, 0.4) is 0 Å². The quantitative estimate of drug-likeness (QED) is 0.230. The highest BCUT2D eigenvalue weighted by atomic mass is 127. The fourth-order valence-corrected chi connectivity index (χ4v) is 1.72. The Kier molecular flexibility index (Phi) is 12.5. The first-order valence-electron chi connectivity index (χ1n) is 6.63. The zero-order chi connectivity index (χ0) is 13.1. The number of ether oxygens (including phenoxy) is 2. The van der Waals surface area contributed by atoms with Gasteiger partial charge in [0.05, 0.1) is 26.4 Å². The van der Waals surface area contributed by atoms with Crippen molar-refractivity contribution < 1.29 is 9.47 Å². The highest BCUT2D eigenvalue weighted by molar-refractivity contribution is 14.0. The standard InChI is InChI=1S/C13H25N3O2.HI/c1-3-14-13(16-8-11-17-2)15-7-4-12-5-9-18-10-6-12;/h5H,3-4,6-11H2,1-2H3,(H2,14,15,16);1H. The fourth-order valence-electron chi connectivity index (χ4n) is 1.72. The zero-order valence-electron chi connectivity index (χ0n) is 11.9. The van der Waals surface area contributed by atoms with E-state index < -0.39 is 0 Å². The molecule has 0 aromatic carbocycles. The minimum Gasteiger partial charge on any atom is -0.383 e. The lowest BCUT2D eigenvalue weighted by Gasteiger charge is -2.15. The van der Waals surface area contributed by atoms with Crippen LogP contribution in [0.2, 0.25) is 0 Å². The molecule has 1 rings (SSSR count). The van der Waals surface area contributed by atoms with E-state index in [0.717, 1.165) is 45.1 Å². The molecule has 0 saturated carbocycles. The fraction of sp³-hybridized carbons (Fsp3) is 0.769. The first kappa shape index (κ1) is 18.7. The van der Waals surface area contributed by atoms with Crippen molar-refractivity contribution in [1.29, 1.82) is 0 Å². The summed E-state index contributed by atoms with van der Waals surface area (Å²) in [6.45, 7) is 6.79. The second kappa shape index (κ2) is 12.7. The first-order valence-corrected chi connectivity index (χ1v) is 6.63. The molecule has 1 heterocycles. The van der Waals surface area contributed by atoms with Gasteiger partial charge in [0, 0.05) is 20.2 Å². The number of hydrogen-bond acceptors (Lipinski definition) is 3. The Labute approximate surface area is 133 Å². The molecule has 2 N–H and O–H groups in total. The van der Waals surface area contributed by atoms with E-state index in [1.807, 2.05) is 0 Å². The van der Waals surface area contributed by atoms with Crippen LogP contribution < -0.4 is 10.6 Å². The highest BCUT2D eigenvalue weighted by Gasteiger charge is 2.03. The van der Waals surface area contributed by atoms with Crippen molar-refractivity contribution in [2.24, 2.45) is 4.99 Å². The Bertz CT molecular complexity index is 283. The second-order valence-corrected chi connectivity index (χ2v) is 4.12. The second-order valence-electron chi connectivity index (χ2n) is 4.12. The molecule has 112 valence electrons. The molecule has 0 spiro atoms. The summed E-state index contributed by atoms with van der Waals surface area (Å²) in [7, 11) is 1.69. The van der Waals surface area contributed by atoms with Gasteiger partial charge in [-0.25, -0.2) is 0 Å². The molecule has 0 aliphatic carbocycles. The molecule has 5 nitrogen and oxygen atoms in total. The van der Waals surface area contributed by atoms with Crippen molar-refractivity contribution in [3.05, 3.63) is 11.6 Å². The average molecular weight is 383 g/mol. The van der Waals surface area contributed by atoms with E-state index in [2.05, 4.69) is 28.6 Å². The van der Waals surface area contributed by atoms with E-state index in [9.17, 15) is 0 Å². The van der Waals surface area contributed by atoms with Crippen LogP contribution in [-0.4, -0.2) is 52.5 Å². The molecule has 0 bridgehead atoms. The van der Waals surface area contributed by atoms with Gasteiger partial charge < -0.3 is 20.1 Å². The van der Waals surface area contributed by atoms with Gasteiger partial charge in [-0.3, -0.25) is 4.99 Å². The Morgan fingerprint density at radius 1 is 1.47 bits per heavy atom. The number of nitrogens with one attached hydrogen (secondary N) is 2. The van der Waals surface area contributed by atoms with Crippen molar-refractivity contribution in [1.82, 2.24) is 10.6 Å². The number of aliphatic imine (C=N–C) groups is 1. The van der Waals surface area contributed by atoms with Gasteiger partial charge in [-0.15, -0.1) is 24.0 Å². The summed E-state index contributed by atoms with van der Waals surface area (Å²) in [5, 5.41) is 6.55. The molecule has 0 aromatic rings. The van der Waals surface area contributed by atoms with Crippen LogP contribution in [-0.2, 0) is 9.47 Å². The summed E-state index contributed by atoms with van der Waals surface area (Å²) in [6.07, 6.45) is 4.29. The zero-order valence-corrected chi connectivity index (χ0v) is 14.2. The van der Waals surface area contributed by atoms with Gasteiger partial charge in [-0.2, -0.15) is 0 Å². The first-order chi connectivity index (χ1) is 8.86. The van der Waals surface area contributed by atoms with Crippen LogP contribution in [0.1, 0.15) is 19.8 Å². The number of rotatable bonds is 7. The van der Waals surface area contributed by atoms with Crippen molar-refractivity contribution >= 4 is 29.9 Å². The third kappa shape index (κ3) is 9.23. The molecule has 19 heavy (non-hydrogen) atoms. The summed E-state index contributed by atoms with van der Waals surface area (Å²) in [4.78, 5) is 4.41. The topological polar surface area (TPSA) is 54.9 Å².